The molecule has 0 aliphatic carbocycles. The van der Waals surface area contributed by atoms with E-state index in [4.69, 9.17) is 22.3 Å². The average molecular weight is 1350 g/mol. The number of nitrogens with two attached hydrogens (primary N) is 3. The molecule has 34 heteroatoms. The second-order valence-electron chi connectivity index (χ2n) is 25.7. The highest BCUT2D eigenvalue weighted by molar-refractivity contribution is 6.00. The number of primary amides is 1. The van der Waals surface area contributed by atoms with E-state index in [1.807, 2.05) is 0 Å². The zero-order valence-corrected chi connectivity index (χ0v) is 55.8. The molecule has 0 saturated carbocycles. The number of carbonyl (C=O) groups is 16. The second kappa shape index (κ2) is 38.7. The number of nitrogens with one attached hydrogen (secondary N) is 9. The van der Waals surface area contributed by atoms with Crippen LogP contribution in [0.15, 0.2) is 0 Å². The number of hydrogen-bond donors (Lipinski definition) is 15. The van der Waals surface area contributed by atoms with Gasteiger partial charge in [0.25, 0.3) is 0 Å². The van der Waals surface area contributed by atoms with Crippen LogP contribution in [0, 0.1) is 17.8 Å². The van der Waals surface area contributed by atoms with E-state index in [2.05, 4.69) is 47.9 Å². The zero-order valence-electron chi connectivity index (χ0n) is 55.8. The number of carboxylic acids is 3. The first-order chi connectivity index (χ1) is 44.5. The van der Waals surface area contributed by atoms with E-state index in [1.54, 1.807) is 41.5 Å². The molecule has 3 saturated heterocycles. The second-order valence-corrected chi connectivity index (χ2v) is 25.7. The molecule has 0 aromatic heterocycles. The Balaban J connectivity index is 1.77. The first-order valence-corrected chi connectivity index (χ1v) is 32.6. The summed E-state index contributed by atoms with van der Waals surface area (Å²) in [5, 5.41) is 51.3. The lowest BCUT2D eigenvalue weighted by molar-refractivity contribution is -0.145. The van der Waals surface area contributed by atoms with Crippen LogP contribution in [0.1, 0.15) is 165 Å². The van der Waals surface area contributed by atoms with E-state index in [9.17, 15) is 86.9 Å². The highest BCUT2D eigenvalue weighted by atomic mass is 16.4. The summed E-state index contributed by atoms with van der Waals surface area (Å²) >= 11 is 0. The molecule has 18 N–H and O–H groups in total. The van der Waals surface area contributed by atoms with Crippen molar-refractivity contribution < 1.29 is 92.0 Å². The predicted molar refractivity (Wildman–Crippen MR) is 338 cm³/mol. The minimum atomic E-state index is -1.69. The molecule has 0 spiro atoms. The van der Waals surface area contributed by atoms with Gasteiger partial charge >= 0.3 is 17.9 Å². The Morgan fingerprint density at radius 3 is 1.31 bits per heavy atom. The van der Waals surface area contributed by atoms with Gasteiger partial charge in [0.2, 0.25) is 76.8 Å². The summed E-state index contributed by atoms with van der Waals surface area (Å²) in [5.41, 5.74) is 16.8. The first kappa shape index (κ1) is 80.7. The number of aliphatic carboxylic acids is 3. The van der Waals surface area contributed by atoms with Crippen LogP contribution in [-0.4, -0.2) is 229 Å². The number of unbranched alkanes of at least 4 members (excludes halogenated alkanes) is 1. The van der Waals surface area contributed by atoms with Gasteiger partial charge in [0.1, 0.15) is 72.5 Å². The number of hydrogen-bond acceptors (Lipinski definition) is 18. The highest BCUT2D eigenvalue weighted by Gasteiger charge is 2.44. The van der Waals surface area contributed by atoms with Crippen LogP contribution in [0.3, 0.4) is 0 Å². The molecule has 95 heavy (non-hydrogen) atoms. The number of carbonyl (C=O) groups excluding carboxylic acids is 13. The first-order valence-electron chi connectivity index (χ1n) is 32.6. The van der Waals surface area contributed by atoms with Gasteiger partial charge in [0.15, 0.2) is 0 Å². The van der Waals surface area contributed by atoms with Crippen molar-refractivity contribution in [1.29, 1.82) is 0 Å². The quantitative estimate of drug-likeness (QED) is 0.0263. The molecule has 3 aliphatic rings. The molecule has 0 radical (unpaired) electrons. The van der Waals surface area contributed by atoms with E-state index < -0.39 is 224 Å². The molecule has 0 bridgehead atoms. The van der Waals surface area contributed by atoms with Crippen molar-refractivity contribution in [2.75, 3.05) is 26.2 Å². The lowest BCUT2D eigenvalue weighted by atomic mass is 9.98. The molecule has 3 fully saturated rings. The summed E-state index contributed by atoms with van der Waals surface area (Å²) in [6, 6.07) is -16.6. The standard InChI is InChI=1S/C61H101N15O19/c1-30(2)29-40(53(86)72-47(31(3)4)57(90)68-36(15-10-11-25-62)51(84)67-37(19-22-44(64)77)52(85)70-39(61(94)95)21-24-46(80)81)71-55(88)42-17-14-28-76(42)60(93)48(32(5)6)73-56(89)43-18-13-27-75(43)59(92)38(20-23-45(78)79)69-50(83)35(9)65-49(82)34(8)66-54(87)41-16-12-26-74(41)58(91)33(7)63/h30-43,47-48H,10-29,62-63H2,1-9H3,(H2,64,77)(H,65,82)(H,66,87)(H,67,84)(H,68,90)(H,69,83)(H,70,85)(H,71,88)(H,72,86)(H,73,89)(H,78,79)(H,80,81)(H,94,95)/t33-,34-,35-,36-,37-,38-,39-,40-,41-,42-,43-,47-,48-/m0/s1. The van der Waals surface area contributed by atoms with Crippen molar-refractivity contribution in [2.24, 2.45) is 35.0 Å². The van der Waals surface area contributed by atoms with Gasteiger partial charge < -0.3 is 95.1 Å². The Kier molecular flexibility index (Phi) is 32.9. The van der Waals surface area contributed by atoms with Crippen molar-refractivity contribution >= 4 is 94.7 Å². The SMILES string of the molecule is CC(C)C[C@H](NC(=O)[C@@H]1CCCN1C(=O)[C@@H](NC(=O)[C@@H]1CCCN1C(=O)[C@H](CCC(=O)O)NC(=O)[C@H](C)NC(=O)[C@H](C)NC(=O)[C@@H]1CCCN1C(=O)[C@H](C)N)C(C)C)C(=O)N[C@H](C(=O)N[C@@H](CCCCN)C(=O)N[C@@H](CCC(N)=O)C(=O)N[C@@H](CCC(=O)O)C(=O)O)C(C)C. The molecule has 13 atom stereocenters. The smallest absolute Gasteiger partial charge is 0.326 e. The summed E-state index contributed by atoms with van der Waals surface area (Å²) < 4.78 is 0. The van der Waals surface area contributed by atoms with Crippen molar-refractivity contribution in [1.82, 2.24) is 62.6 Å². The van der Waals surface area contributed by atoms with E-state index in [1.165, 1.54) is 35.5 Å². The van der Waals surface area contributed by atoms with Gasteiger partial charge in [0, 0.05) is 38.9 Å². The van der Waals surface area contributed by atoms with E-state index in [0.29, 0.717) is 38.6 Å². The van der Waals surface area contributed by atoms with Crippen LogP contribution in [0.5, 0.6) is 0 Å². The molecule has 3 rings (SSSR count). The van der Waals surface area contributed by atoms with Crippen molar-refractivity contribution in [3.05, 3.63) is 0 Å². The van der Waals surface area contributed by atoms with Crippen molar-refractivity contribution in [3.63, 3.8) is 0 Å². The lowest BCUT2D eigenvalue weighted by Crippen LogP contribution is -2.61. The maximum Gasteiger partial charge on any atom is 0.326 e. The fraction of sp³-hybridized carbons (Fsp3) is 0.738. The Hall–Kier alpha value is -8.56. The average Bonchev–Trinajstić information content (AvgIpc) is 1.75. The summed E-state index contributed by atoms with van der Waals surface area (Å²) in [5.74, 6) is -15.9. The molecular weight excluding hydrogens is 1250 g/mol. The van der Waals surface area contributed by atoms with Crippen molar-refractivity contribution in [3.8, 4) is 0 Å². The molecule has 13 amide bonds. The van der Waals surface area contributed by atoms with Crippen LogP contribution in [0.2, 0.25) is 0 Å². The normalized spacial score (nSPS) is 19.3. The third-order valence-corrected chi connectivity index (χ3v) is 16.6. The summed E-state index contributed by atoms with van der Waals surface area (Å²) in [6.07, 6.45) is -0.538. The molecular formula is C61H101N15O19. The van der Waals surface area contributed by atoms with E-state index >= 15 is 0 Å². The van der Waals surface area contributed by atoms with Crippen LogP contribution in [-0.2, 0) is 76.7 Å². The van der Waals surface area contributed by atoms with Gasteiger partial charge in [-0.05, 0) is 129 Å². The maximum atomic E-state index is 14.6. The fourth-order valence-electron chi connectivity index (χ4n) is 11.3. The summed E-state index contributed by atoms with van der Waals surface area (Å²) in [6.45, 7) is 14.8. The Bertz CT molecular complexity index is 2780. The molecule has 0 aromatic rings. The molecule has 0 aromatic carbocycles. The summed E-state index contributed by atoms with van der Waals surface area (Å²) in [4.78, 5) is 217. The van der Waals surface area contributed by atoms with Crippen LogP contribution >= 0.6 is 0 Å². The number of carboxylic acid groups (broad SMARTS) is 3. The molecule has 0 unspecified atom stereocenters. The van der Waals surface area contributed by atoms with Gasteiger partial charge in [-0.2, -0.15) is 0 Å². The van der Waals surface area contributed by atoms with Crippen LogP contribution < -0.4 is 65.1 Å². The van der Waals surface area contributed by atoms with E-state index in [0.717, 1.165) is 0 Å². The number of likely N-dealkylation sites (tertiary alicyclic amines) is 3. The van der Waals surface area contributed by atoms with E-state index in [-0.39, 0.29) is 57.7 Å². The topological polar surface area (TPSA) is 530 Å². The van der Waals surface area contributed by atoms with Crippen LogP contribution in [0.25, 0.3) is 0 Å². The Morgan fingerprint density at radius 1 is 0.421 bits per heavy atom. The minimum Gasteiger partial charge on any atom is -0.481 e. The van der Waals surface area contributed by atoms with Gasteiger partial charge in [-0.3, -0.25) is 71.9 Å². The van der Waals surface area contributed by atoms with Gasteiger partial charge in [-0.1, -0.05) is 41.5 Å². The zero-order chi connectivity index (χ0) is 71.7. The molecule has 34 nitrogen and oxygen atoms in total. The van der Waals surface area contributed by atoms with Gasteiger partial charge in [0.05, 0.1) is 6.04 Å². The monoisotopic (exact) mass is 1350 g/mol. The van der Waals surface area contributed by atoms with Gasteiger partial charge in [-0.25, -0.2) is 4.79 Å². The Labute approximate surface area is 552 Å². The van der Waals surface area contributed by atoms with Gasteiger partial charge in [-0.15, -0.1) is 0 Å². The fourth-order valence-corrected chi connectivity index (χ4v) is 11.3. The number of rotatable bonds is 39. The molecule has 3 heterocycles. The molecule has 3 aliphatic heterocycles. The largest absolute Gasteiger partial charge is 0.481 e. The Morgan fingerprint density at radius 2 is 0.832 bits per heavy atom. The third-order valence-electron chi connectivity index (χ3n) is 16.6. The lowest BCUT2D eigenvalue weighted by Gasteiger charge is -2.33. The highest BCUT2D eigenvalue weighted by Crippen LogP contribution is 2.25. The predicted octanol–water partition coefficient (Wildman–Crippen LogP) is -3.72. The van der Waals surface area contributed by atoms with Crippen molar-refractivity contribution in [2.45, 2.75) is 244 Å². The third kappa shape index (κ3) is 25.3. The number of amides is 13. The number of nitrogens with zero attached hydrogens (tertiary/aromatic N) is 3. The maximum absolute atomic E-state index is 14.6. The minimum absolute atomic E-state index is 0.00579. The molecule has 534 valence electrons. The van der Waals surface area contributed by atoms with Crippen LogP contribution in [0.4, 0.5) is 0 Å². The summed E-state index contributed by atoms with van der Waals surface area (Å²) in [7, 11) is 0.